The van der Waals surface area contributed by atoms with E-state index in [0.29, 0.717) is 32.7 Å². The summed E-state index contributed by atoms with van der Waals surface area (Å²) >= 11 is 1.47. The number of nitrogens with zero attached hydrogens (tertiary/aromatic N) is 4. The number of amides is 2. The molecule has 2 amide bonds. The standard InChI is InChI=1S/C22H28N4O3S/c1-29-19-6-3-2-5-18(19)24-10-8-23(9-11-24)17-21(27)25-12-14-26(15-13-25)22(28)20-7-4-16-30-20/h2-7,16H,8-15,17H2,1H3. The maximum absolute atomic E-state index is 12.8. The van der Waals surface area contributed by atoms with Crippen LogP contribution in [0.4, 0.5) is 5.69 Å². The Labute approximate surface area is 181 Å². The molecule has 0 unspecified atom stereocenters. The Morgan fingerprint density at radius 2 is 1.60 bits per heavy atom. The van der Waals surface area contributed by atoms with E-state index < -0.39 is 0 Å². The second kappa shape index (κ2) is 9.49. The van der Waals surface area contributed by atoms with Gasteiger partial charge in [0.15, 0.2) is 0 Å². The second-order valence-corrected chi connectivity index (χ2v) is 8.53. The summed E-state index contributed by atoms with van der Waals surface area (Å²) < 4.78 is 5.47. The summed E-state index contributed by atoms with van der Waals surface area (Å²) in [6, 6.07) is 11.8. The minimum Gasteiger partial charge on any atom is -0.495 e. The first-order valence-corrected chi connectivity index (χ1v) is 11.2. The molecule has 7 nitrogen and oxygen atoms in total. The highest BCUT2D eigenvalue weighted by Gasteiger charge is 2.27. The Hall–Kier alpha value is -2.58. The summed E-state index contributed by atoms with van der Waals surface area (Å²) in [6.45, 7) is 6.30. The number of thiophene rings is 1. The smallest absolute Gasteiger partial charge is 0.264 e. The molecule has 2 fully saturated rings. The van der Waals surface area contributed by atoms with Crippen molar-refractivity contribution >= 4 is 28.8 Å². The van der Waals surface area contributed by atoms with Crippen molar-refractivity contribution in [3.63, 3.8) is 0 Å². The van der Waals surface area contributed by atoms with Gasteiger partial charge in [-0.25, -0.2) is 0 Å². The first-order chi connectivity index (χ1) is 14.7. The van der Waals surface area contributed by atoms with Crippen LogP contribution in [0.25, 0.3) is 0 Å². The summed E-state index contributed by atoms with van der Waals surface area (Å²) in [5, 5.41) is 1.92. The van der Waals surface area contributed by atoms with Crippen LogP contribution in [-0.4, -0.2) is 92.5 Å². The first-order valence-electron chi connectivity index (χ1n) is 10.4. The van der Waals surface area contributed by atoms with Crippen LogP contribution in [-0.2, 0) is 4.79 Å². The molecule has 8 heteroatoms. The molecule has 4 rings (SSSR count). The Balaban J connectivity index is 1.23. The molecule has 0 saturated carbocycles. The normalized spacial score (nSPS) is 17.8. The zero-order valence-corrected chi connectivity index (χ0v) is 18.1. The van der Waals surface area contributed by atoms with E-state index in [1.165, 1.54) is 11.3 Å². The molecule has 2 aliphatic heterocycles. The molecule has 0 N–H and O–H groups in total. The summed E-state index contributed by atoms with van der Waals surface area (Å²) in [6.07, 6.45) is 0. The monoisotopic (exact) mass is 428 g/mol. The minimum absolute atomic E-state index is 0.0737. The fraction of sp³-hybridized carbons (Fsp3) is 0.455. The molecule has 1 aromatic heterocycles. The van der Waals surface area contributed by atoms with E-state index in [2.05, 4.69) is 15.9 Å². The van der Waals surface area contributed by atoms with Crippen molar-refractivity contribution < 1.29 is 14.3 Å². The Bertz CT molecular complexity index is 857. The van der Waals surface area contributed by atoms with Crippen LogP contribution >= 0.6 is 11.3 Å². The predicted molar refractivity (Wildman–Crippen MR) is 118 cm³/mol. The SMILES string of the molecule is COc1ccccc1N1CCN(CC(=O)N2CCN(C(=O)c3cccs3)CC2)CC1. The average molecular weight is 429 g/mol. The lowest BCUT2D eigenvalue weighted by molar-refractivity contribution is -0.134. The van der Waals surface area contributed by atoms with Crippen LogP contribution in [0.5, 0.6) is 5.75 Å². The average Bonchev–Trinajstić information content (AvgIpc) is 3.34. The van der Waals surface area contributed by atoms with E-state index in [1.807, 2.05) is 45.5 Å². The zero-order valence-electron chi connectivity index (χ0n) is 17.3. The maximum Gasteiger partial charge on any atom is 0.264 e. The van der Waals surface area contributed by atoms with Crippen molar-refractivity contribution in [2.24, 2.45) is 0 Å². The van der Waals surface area contributed by atoms with Gasteiger partial charge in [-0.05, 0) is 23.6 Å². The molecular formula is C22H28N4O3S. The highest BCUT2D eigenvalue weighted by atomic mass is 32.1. The third-order valence-corrected chi connectivity index (χ3v) is 6.67. The van der Waals surface area contributed by atoms with Crippen LogP contribution in [0.15, 0.2) is 41.8 Å². The molecule has 0 spiro atoms. The molecule has 2 aliphatic rings. The van der Waals surface area contributed by atoms with Gasteiger partial charge in [0.05, 0.1) is 24.2 Å². The number of para-hydroxylation sites is 2. The van der Waals surface area contributed by atoms with Crippen molar-refractivity contribution in [2.75, 3.05) is 70.9 Å². The van der Waals surface area contributed by atoms with E-state index in [1.54, 1.807) is 7.11 Å². The lowest BCUT2D eigenvalue weighted by Gasteiger charge is -2.38. The van der Waals surface area contributed by atoms with E-state index in [-0.39, 0.29) is 11.8 Å². The lowest BCUT2D eigenvalue weighted by atomic mass is 10.2. The van der Waals surface area contributed by atoms with Gasteiger partial charge in [-0.15, -0.1) is 11.3 Å². The molecule has 1 aromatic carbocycles. The molecule has 2 aromatic rings. The molecule has 30 heavy (non-hydrogen) atoms. The summed E-state index contributed by atoms with van der Waals surface area (Å²) in [4.78, 5) is 34.3. The quantitative estimate of drug-likeness (QED) is 0.728. The summed E-state index contributed by atoms with van der Waals surface area (Å²) in [7, 11) is 1.70. The molecule has 2 saturated heterocycles. The van der Waals surface area contributed by atoms with Crippen molar-refractivity contribution in [3.8, 4) is 5.75 Å². The number of methoxy groups -OCH3 is 1. The van der Waals surface area contributed by atoms with Crippen molar-refractivity contribution in [2.45, 2.75) is 0 Å². The van der Waals surface area contributed by atoms with E-state index in [4.69, 9.17) is 4.74 Å². The van der Waals surface area contributed by atoms with Crippen molar-refractivity contribution in [1.82, 2.24) is 14.7 Å². The topological polar surface area (TPSA) is 56.3 Å². The van der Waals surface area contributed by atoms with Gasteiger partial charge in [0.25, 0.3) is 5.91 Å². The number of carbonyl (C=O) groups is 2. The molecular weight excluding hydrogens is 400 g/mol. The number of rotatable bonds is 5. The van der Waals surface area contributed by atoms with Crippen molar-refractivity contribution in [1.29, 1.82) is 0 Å². The van der Waals surface area contributed by atoms with Crippen LogP contribution in [0, 0.1) is 0 Å². The number of hydrogen-bond acceptors (Lipinski definition) is 6. The largest absolute Gasteiger partial charge is 0.495 e. The van der Waals surface area contributed by atoms with Gasteiger partial charge in [-0.1, -0.05) is 18.2 Å². The molecule has 3 heterocycles. The van der Waals surface area contributed by atoms with E-state index >= 15 is 0 Å². The van der Waals surface area contributed by atoms with E-state index in [9.17, 15) is 9.59 Å². The molecule has 0 aliphatic carbocycles. The third kappa shape index (κ3) is 4.60. The van der Waals surface area contributed by atoms with Crippen LogP contribution < -0.4 is 9.64 Å². The highest BCUT2D eigenvalue weighted by Crippen LogP contribution is 2.28. The van der Waals surface area contributed by atoms with Gasteiger partial charge in [0.1, 0.15) is 5.75 Å². The lowest BCUT2D eigenvalue weighted by Crippen LogP contribution is -2.54. The van der Waals surface area contributed by atoms with Gasteiger partial charge < -0.3 is 19.4 Å². The summed E-state index contributed by atoms with van der Waals surface area (Å²) in [5.74, 6) is 1.12. The highest BCUT2D eigenvalue weighted by molar-refractivity contribution is 7.12. The van der Waals surface area contributed by atoms with Gasteiger partial charge in [-0.3, -0.25) is 14.5 Å². The number of anilines is 1. The van der Waals surface area contributed by atoms with Gasteiger partial charge >= 0.3 is 0 Å². The van der Waals surface area contributed by atoms with Gasteiger partial charge in [-0.2, -0.15) is 0 Å². The molecule has 0 radical (unpaired) electrons. The Morgan fingerprint density at radius 1 is 0.900 bits per heavy atom. The van der Waals surface area contributed by atoms with Gasteiger partial charge in [0.2, 0.25) is 5.91 Å². The van der Waals surface area contributed by atoms with Crippen LogP contribution in [0.3, 0.4) is 0 Å². The number of carbonyl (C=O) groups excluding carboxylic acids is 2. The molecule has 0 bridgehead atoms. The van der Waals surface area contributed by atoms with Gasteiger partial charge in [0, 0.05) is 52.4 Å². The third-order valence-electron chi connectivity index (χ3n) is 5.81. The molecule has 160 valence electrons. The Morgan fingerprint density at radius 3 is 2.27 bits per heavy atom. The van der Waals surface area contributed by atoms with Crippen LogP contribution in [0.1, 0.15) is 9.67 Å². The Kier molecular flexibility index (Phi) is 6.54. The first kappa shape index (κ1) is 20.7. The number of ether oxygens (including phenoxy) is 1. The van der Waals surface area contributed by atoms with Crippen molar-refractivity contribution in [3.05, 3.63) is 46.7 Å². The molecule has 0 atom stereocenters. The fourth-order valence-electron chi connectivity index (χ4n) is 4.04. The zero-order chi connectivity index (χ0) is 20.9. The maximum atomic E-state index is 12.8. The minimum atomic E-state index is 0.0737. The number of benzene rings is 1. The predicted octanol–water partition coefficient (Wildman–Crippen LogP) is 1.86. The number of hydrogen-bond donors (Lipinski definition) is 0. The number of piperazine rings is 2. The second-order valence-electron chi connectivity index (χ2n) is 7.59. The fourth-order valence-corrected chi connectivity index (χ4v) is 4.74. The van der Waals surface area contributed by atoms with Crippen LogP contribution in [0.2, 0.25) is 0 Å². The van der Waals surface area contributed by atoms with E-state index in [0.717, 1.165) is 42.5 Å². The summed E-state index contributed by atoms with van der Waals surface area (Å²) in [5.41, 5.74) is 1.11.